The van der Waals surface area contributed by atoms with Gasteiger partial charge in [-0.2, -0.15) is 0 Å². The SMILES string of the molecule is CC[Si]1(O)CCCO[SiH2]1. The smallest absolute Gasteiger partial charge is 0.199 e. The van der Waals surface area contributed by atoms with Crippen LogP contribution in [-0.2, 0) is 4.43 Å². The van der Waals surface area contributed by atoms with Gasteiger partial charge in [0.2, 0.25) is 0 Å². The van der Waals surface area contributed by atoms with Gasteiger partial charge in [-0.25, -0.2) is 0 Å². The minimum atomic E-state index is -1.69. The minimum Gasteiger partial charge on any atom is -0.432 e. The standard InChI is InChI=1S/C5H14O2Si2/c1-2-9(6)5-3-4-7-8-9/h6H,2-5,8H2,1H3. The van der Waals surface area contributed by atoms with Gasteiger partial charge in [0.25, 0.3) is 0 Å². The largest absolute Gasteiger partial charge is 0.432 e. The highest BCUT2D eigenvalue weighted by molar-refractivity contribution is 7.18. The predicted octanol–water partition coefficient (Wildman–Crippen LogP) is -0.0551. The molecule has 0 amide bonds. The minimum absolute atomic E-state index is 0.480. The van der Waals surface area contributed by atoms with Crippen LogP contribution in [0.5, 0.6) is 0 Å². The maximum Gasteiger partial charge on any atom is 0.199 e. The van der Waals surface area contributed by atoms with Crippen LogP contribution in [0.1, 0.15) is 13.3 Å². The Morgan fingerprint density at radius 3 is 2.89 bits per heavy atom. The lowest BCUT2D eigenvalue weighted by Crippen LogP contribution is -2.46. The summed E-state index contributed by atoms with van der Waals surface area (Å²) in [7, 11) is -2.17. The zero-order valence-corrected chi connectivity index (χ0v) is 8.31. The van der Waals surface area contributed by atoms with Crippen molar-refractivity contribution in [2.24, 2.45) is 0 Å². The Bertz CT molecular complexity index is 91.0. The number of rotatable bonds is 1. The first-order chi connectivity index (χ1) is 4.27. The highest BCUT2D eigenvalue weighted by atomic mass is 29.2. The van der Waals surface area contributed by atoms with Crippen LogP contribution in [0.15, 0.2) is 0 Å². The third-order valence-electron chi connectivity index (χ3n) is 1.96. The van der Waals surface area contributed by atoms with Crippen LogP contribution in [0.2, 0.25) is 12.1 Å². The normalized spacial score (nSPS) is 39.3. The Morgan fingerprint density at radius 2 is 2.56 bits per heavy atom. The van der Waals surface area contributed by atoms with Gasteiger partial charge in [-0.05, 0) is 18.5 Å². The van der Waals surface area contributed by atoms with Crippen molar-refractivity contribution >= 4 is 17.1 Å². The first kappa shape index (κ1) is 7.46. The van der Waals surface area contributed by atoms with Crippen molar-refractivity contribution in [3.63, 3.8) is 0 Å². The molecule has 1 unspecified atom stereocenters. The molecule has 1 atom stereocenters. The molecule has 2 nitrogen and oxygen atoms in total. The van der Waals surface area contributed by atoms with E-state index in [1.807, 2.05) is 0 Å². The third-order valence-corrected chi connectivity index (χ3v) is 10.4. The quantitative estimate of drug-likeness (QED) is 0.548. The molecule has 1 N–H and O–H groups in total. The molecular formula is C5H14O2Si2. The molecule has 0 aromatic carbocycles. The first-order valence-electron chi connectivity index (χ1n) is 3.57. The molecule has 0 radical (unpaired) electrons. The fourth-order valence-corrected chi connectivity index (χ4v) is 6.72. The first-order valence-corrected chi connectivity index (χ1v) is 8.84. The number of hydrogen-bond donors (Lipinski definition) is 1. The van der Waals surface area contributed by atoms with E-state index in [4.69, 9.17) is 4.43 Å². The van der Waals surface area contributed by atoms with Crippen LogP contribution < -0.4 is 0 Å². The Labute approximate surface area is 59.1 Å². The Morgan fingerprint density at radius 1 is 1.78 bits per heavy atom. The lowest BCUT2D eigenvalue weighted by atomic mass is 10.5. The maximum atomic E-state index is 9.76. The molecule has 1 heterocycles. The van der Waals surface area contributed by atoms with Crippen LogP contribution in [0.4, 0.5) is 0 Å². The predicted molar refractivity (Wildman–Crippen MR) is 42.4 cm³/mol. The maximum absolute atomic E-state index is 9.76. The molecule has 1 saturated heterocycles. The highest BCUT2D eigenvalue weighted by Crippen LogP contribution is 2.16. The average molecular weight is 162 g/mol. The van der Waals surface area contributed by atoms with Crippen molar-refractivity contribution in [1.82, 2.24) is 0 Å². The molecule has 54 valence electrons. The van der Waals surface area contributed by atoms with E-state index in [9.17, 15) is 4.80 Å². The summed E-state index contributed by atoms with van der Waals surface area (Å²) >= 11 is 0. The van der Waals surface area contributed by atoms with Gasteiger partial charge in [0.05, 0.1) is 0 Å². The summed E-state index contributed by atoms with van der Waals surface area (Å²) < 4.78 is 5.33. The molecule has 0 spiro atoms. The Kier molecular flexibility index (Phi) is 2.45. The lowest BCUT2D eigenvalue weighted by molar-refractivity contribution is 0.321. The van der Waals surface area contributed by atoms with Crippen LogP contribution in [0, 0.1) is 0 Å². The van der Waals surface area contributed by atoms with Gasteiger partial charge in [0.1, 0.15) is 0 Å². The van der Waals surface area contributed by atoms with Crippen LogP contribution in [0.25, 0.3) is 0 Å². The van der Waals surface area contributed by atoms with Gasteiger partial charge in [-0.3, -0.25) is 0 Å². The van der Waals surface area contributed by atoms with Crippen LogP contribution >= 0.6 is 0 Å². The molecular weight excluding hydrogens is 148 g/mol. The summed E-state index contributed by atoms with van der Waals surface area (Å²) in [6.45, 7) is 3.01. The molecule has 0 aliphatic carbocycles. The van der Waals surface area contributed by atoms with Crippen molar-refractivity contribution in [3.05, 3.63) is 0 Å². The molecule has 1 aliphatic rings. The van der Waals surface area contributed by atoms with Gasteiger partial charge in [-0.15, -0.1) is 0 Å². The van der Waals surface area contributed by atoms with Gasteiger partial charge in [0, 0.05) is 6.61 Å². The molecule has 9 heavy (non-hydrogen) atoms. The molecule has 4 heteroatoms. The zero-order chi connectivity index (χ0) is 6.74. The summed E-state index contributed by atoms with van der Waals surface area (Å²) in [6.07, 6.45) is 1.10. The highest BCUT2D eigenvalue weighted by Gasteiger charge is 2.32. The van der Waals surface area contributed by atoms with Crippen LogP contribution in [0.3, 0.4) is 0 Å². The zero-order valence-electron chi connectivity index (χ0n) is 5.89. The van der Waals surface area contributed by atoms with E-state index in [0.29, 0.717) is 0 Å². The van der Waals surface area contributed by atoms with Gasteiger partial charge in [-0.1, -0.05) is 6.92 Å². The van der Waals surface area contributed by atoms with E-state index in [2.05, 4.69) is 6.92 Å². The van der Waals surface area contributed by atoms with E-state index in [0.717, 1.165) is 25.1 Å². The van der Waals surface area contributed by atoms with Crippen molar-refractivity contribution < 1.29 is 9.22 Å². The second-order valence-corrected chi connectivity index (χ2v) is 11.9. The van der Waals surface area contributed by atoms with Crippen molar-refractivity contribution in [1.29, 1.82) is 0 Å². The average Bonchev–Trinajstić information content (AvgIpc) is 1.90. The molecule has 0 aromatic heterocycles. The van der Waals surface area contributed by atoms with E-state index >= 15 is 0 Å². The van der Waals surface area contributed by atoms with Crippen molar-refractivity contribution in [2.75, 3.05) is 6.61 Å². The summed E-state index contributed by atoms with van der Waals surface area (Å²) in [5.41, 5.74) is 0. The van der Waals surface area contributed by atoms with E-state index < -0.39 is 17.1 Å². The second-order valence-electron chi connectivity index (χ2n) is 2.73. The van der Waals surface area contributed by atoms with E-state index in [1.165, 1.54) is 0 Å². The van der Waals surface area contributed by atoms with E-state index in [-0.39, 0.29) is 0 Å². The van der Waals surface area contributed by atoms with Gasteiger partial charge >= 0.3 is 0 Å². The molecule has 0 bridgehead atoms. The molecule has 1 aliphatic heterocycles. The van der Waals surface area contributed by atoms with Crippen LogP contribution in [-0.4, -0.2) is 28.5 Å². The second kappa shape index (κ2) is 2.96. The summed E-state index contributed by atoms with van der Waals surface area (Å²) in [5.74, 6) is 0. The van der Waals surface area contributed by atoms with E-state index in [1.54, 1.807) is 0 Å². The Hall–Kier alpha value is 0.354. The topological polar surface area (TPSA) is 29.5 Å². The molecule has 0 aromatic rings. The summed E-state index contributed by atoms with van der Waals surface area (Å²) in [5, 5.41) is 0. The lowest BCUT2D eigenvalue weighted by Gasteiger charge is -2.27. The van der Waals surface area contributed by atoms with Gasteiger partial charge < -0.3 is 9.22 Å². The molecule has 1 fully saturated rings. The number of hydrogen-bond acceptors (Lipinski definition) is 2. The molecule has 1 rings (SSSR count). The summed E-state index contributed by atoms with van der Waals surface area (Å²) in [6, 6.07) is 2.12. The molecule has 0 saturated carbocycles. The fraction of sp³-hybridized carbons (Fsp3) is 1.00. The van der Waals surface area contributed by atoms with Gasteiger partial charge in [0.15, 0.2) is 17.1 Å². The monoisotopic (exact) mass is 162 g/mol. The van der Waals surface area contributed by atoms with Crippen molar-refractivity contribution in [3.8, 4) is 0 Å². The summed E-state index contributed by atoms with van der Waals surface area (Å²) in [4.78, 5) is 9.76. The third kappa shape index (κ3) is 1.89. The Balaban J connectivity index is 2.37. The fourth-order valence-electron chi connectivity index (χ4n) is 1.12. The van der Waals surface area contributed by atoms with Crippen molar-refractivity contribution in [2.45, 2.75) is 25.4 Å².